The van der Waals surface area contributed by atoms with Crippen molar-refractivity contribution in [2.75, 3.05) is 0 Å². The number of rotatable bonds is 4. The Morgan fingerprint density at radius 1 is 1.25 bits per heavy atom. The summed E-state index contributed by atoms with van der Waals surface area (Å²) in [5.74, 6) is 0. The molecule has 3 nitrogen and oxygen atoms in total. The maximum absolute atomic E-state index is 9.44. The lowest BCUT2D eigenvalue weighted by molar-refractivity contribution is 0.818. The van der Waals surface area contributed by atoms with Crippen LogP contribution in [0.1, 0.15) is 30.7 Å². The fraction of sp³-hybridized carbons (Fsp3) is 0.267. The van der Waals surface area contributed by atoms with Crippen LogP contribution < -0.4 is 0 Å². The summed E-state index contributed by atoms with van der Waals surface area (Å²) in [5, 5.41) is 18.6. The Kier molecular flexibility index (Phi) is 5.16. The van der Waals surface area contributed by atoms with E-state index in [4.69, 9.17) is 0 Å². The molecule has 1 heterocycles. The molecule has 0 spiro atoms. The molecule has 0 aliphatic rings. The van der Waals surface area contributed by atoms with Gasteiger partial charge in [0.15, 0.2) is 0 Å². The minimum absolute atomic E-state index is 0.657. The van der Waals surface area contributed by atoms with Crippen molar-refractivity contribution in [1.29, 1.82) is 5.26 Å². The van der Waals surface area contributed by atoms with E-state index in [2.05, 4.69) is 32.2 Å². The Morgan fingerprint density at radius 3 is 2.65 bits per heavy atom. The van der Waals surface area contributed by atoms with Crippen LogP contribution in [0, 0.1) is 11.3 Å². The van der Waals surface area contributed by atoms with Crippen molar-refractivity contribution in [2.24, 2.45) is 0 Å². The molecule has 0 saturated carbocycles. The summed E-state index contributed by atoms with van der Waals surface area (Å²) in [4.78, 5) is 1.04. The first-order valence-electron chi connectivity index (χ1n) is 6.41. The molecule has 2 rings (SSSR count). The van der Waals surface area contributed by atoms with Crippen LogP contribution in [-0.4, -0.2) is 10.2 Å². The minimum atomic E-state index is 0.657. The van der Waals surface area contributed by atoms with Crippen molar-refractivity contribution in [2.45, 2.75) is 36.6 Å². The molecule has 0 radical (unpaired) electrons. The molecular weight excluding hydrogens is 334 g/mol. The highest BCUT2D eigenvalue weighted by Crippen LogP contribution is 2.31. The smallest absolute Gasteiger partial charge is 0.142 e. The van der Waals surface area contributed by atoms with Gasteiger partial charge in [-0.2, -0.15) is 10.4 Å². The third kappa shape index (κ3) is 3.20. The van der Waals surface area contributed by atoms with E-state index in [-0.39, 0.29) is 0 Å². The van der Waals surface area contributed by atoms with Crippen LogP contribution in [0.15, 0.2) is 38.7 Å². The van der Waals surface area contributed by atoms with Gasteiger partial charge < -0.3 is 0 Å². The van der Waals surface area contributed by atoms with E-state index >= 15 is 0 Å². The molecular formula is C15H14BrN3S. The van der Waals surface area contributed by atoms with Gasteiger partial charge in [-0.3, -0.25) is 0 Å². The molecule has 0 fully saturated rings. The van der Waals surface area contributed by atoms with Crippen LogP contribution in [-0.2, 0) is 12.8 Å². The van der Waals surface area contributed by atoms with Gasteiger partial charge in [-0.05, 0) is 36.6 Å². The maximum atomic E-state index is 9.44. The topological polar surface area (TPSA) is 49.6 Å². The van der Waals surface area contributed by atoms with Gasteiger partial charge in [-0.1, -0.05) is 47.6 Å². The van der Waals surface area contributed by atoms with Crippen LogP contribution >= 0.6 is 27.7 Å². The summed E-state index contributed by atoms with van der Waals surface area (Å²) in [7, 11) is 0. The van der Waals surface area contributed by atoms with Crippen molar-refractivity contribution >= 4 is 27.7 Å². The predicted octanol–water partition coefficient (Wildman–Crippen LogP) is 4.39. The first-order valence-corrected chi connectivity index (χ1v) is 8.02. The van der Waals surface area contributed by atoms with Crippen molar-refractivity contribution in [3.63, 3.8) is 0 Å². The Bertz CT molecular complexity index is 665. The van der Waals surface area contributed by atoms with E-state index in [1.807, 2.05) is 38.1 Å². The van der Waals surface area contributed by atoms with Gasteiger partial charge in [-0.25, -0.2) is 0 Å². The highest BCUT2D eigenvalue weighted by Gasteiger charge is 2.15. The standard InChI is InChI=1S/C15H14BrN3S/c1-3-12-13(9-17)15(19-18-14(12)4-2)20-11-7-5-6-10(16)8-11/h5-8H,3-4H2,1-2H3. The molecule has 5 heteroatoms. The highest BCUT2D eigenvalue weighted by molar-refractivity contribution is 9.10. The lowest BCUT2D eigenvalue weighted by Crippen LogP contribution is -2.04. The molecule has 1 aromatic heterocycles. The zero-order valence-electron chi connectivity index (χ0n) is 11.4. The second kappa shape index (κ2) is 6.87. The third-order valence-corrected chi connectivity index (χ3v) is 4.40. The summed E-state index contributed by atoms with van der Waals surface area (Å²) in [6.45, 7) is 4.08. The Morgan fingerprint density at radius 2 is 2.05 bits per heavy atom. The number of hydrogen-bond donors (Lipinski definition) is 0. The number of nitriles is 1. The van der Waals surface area contributed by atoms with E-state index in [9.17, 15) is 5.26 Å². The normalized spacial score (nSPS) is 10.3. The number of aromatic nitrogens is 2. The van der Waals surface area contributed by atoms with Crippen molar-refractivity contribution < 1.29 is 0 Å². The lowest BCUT2D eigenvalue weighted by Gasteiger charge is -2.10. The van der Waals surface area contributed by atoms with Gasteiger partial charge in [0.2, 0.25) is 0 Å². The predicted molar refractivity (Wildman–Crippen MR) is 83.8 cm³/mol. The van der Waals surface area contributed by atoms with Gasteiger partial charge >= 0.3 is 0 Å². The van der Waals surface area contributed by atoms with E-state index in [0.717, 1.165) is 33.5 Å². The second-order valence-electron chi connectivity index (χ2n) is 4.18. The number of benzene rings is 1. The van der Waals surface area contributed by atoms with Crippen LogP contribution in [0.25, 0.3) is 0 Å². The SMILES string of the molecule is CCc1nnc(Sc2cccc(Br)c2)c(C#N)c1CC. The molecule has 0 aliphatic heterocycles. The molecule has 0 amide bonds. The van der Waals surface area contributed by atoms with Gasteiger partial charge in [0, 0.05) is 9.37 Å². The number of aryl methyl sites for hydroxylation is 1. The number of nitrogens with zero attached hydrogens (tertiary/aromatic N) is 3. The van der Waals surface area contributed by atoms with Gasteiger partial charge in [0.1, 0.15) is 11.1 Å². The lowest BCUT2D eigenvalue weighted by atomic mass is 10.1. The Labute approximate surface area is 131 Å². The molecule has 1 aromatic carbocycles. The number of hydrogen-bond acceptors (Lipinski definition) is 4. The average Bonchev–Trinajstić information content (AvgIpc) is 2.46. The fourth-order valence-corrected chi connectivity index (χ4v) is 3.44. The van der Waals surface area contributed by atoms with Crippen LogP contribution in [0.5, 0.6) is 0 Å². The minimum Gasteiger partial charge on any atom is -0.192 e. The van der Waals surface area contributed by atoms with E-state index in [1.54, 1.807) is 0 Å². The van der Waals surface area contributed by atoms with Gasteiger partial charge in [-0.15, -0.1) is 5.10 Å². The van der Waals surface area contributed by atoms with Crippen molar-refractivity contribution in [1.82, 2.24) is 10.2 Å². The summed E-state index contributed by atoms with van der Waals surface area (Å²) in [5.41, 5.74) is 2.59. The molecule has 2 aromatic rings. The van der Waals surface area contributed by atoms with Crippen molar-refractivity contribution in [3.8, 4) is 6.07 Å². The zero-order valence-corrected chi connectivity index (χ0v) is 13.8. The molecule has 0 N–H and O–H groups in total. The second-order valence-corrected chi connectivity index (χ2v) is 6.16. The summed E-state index contributed by atoms with van der Waals surface area (Å²) in [6.07, 6.45) is 1.60. The first kappa shape index (κ1) is 15.0. The molecule has 20 heavy (non-hydrogen) atoms. The quantitative estimate of drug-likeness (QED) is 0.822. The van der Waals surface area contributed by atoms with Gasteiger partial charge in [0.25, 0.3) is 0 Å². The third-order valence-electron chi connectivity index (χ3n) is 2.94. The summed E-state index contributed by atoms with van der Waals surface area (Å²) in [6, 6.07) is 10.2. The summed E-state index contributed by atoms with van der Waals surface area (Å²) < 4.78 is 1.01. The summed E-state index contributed by atoms with van der Waals surface area (Å²) >= 11 is 4.92. The van der Waals surface area contributed by atoms with E-state index < -0.39 is 0 Å². The van der Waals surface area contributed by atoms with Crippen LogP contribution in [0.4, 0.5) is 0 Å². The molecule has 0 atom stereocenters. The molecule has 0 bridgehead atoms. The van der Waals surface area contributed by atoms with Crippen molar-refractivity contribution in [3.05, 3.63) is 45.6 Å². The molecule has 0 saturated heterocycles. The zero-order chi connectivity index (χ0) is 14.5. The van der Waals surface area contributed by atoms with Gasteiger partial charge in [0.05, 0.1) is 11.3 Å². The average molecular weight is 348 g/mol. The molecule has 0 aliphatic carbocycles. The van der Waals surface area contributed by atoms with E-state index in [0.29, 0.717) is 10.6 Å². The van der Waals surface area contributed by atoms with Crippen LogP contribution in [0.3, 0.4) is 0 Å². The van der Waals surface area contributed by atoms with Crippen LogP contribution in [0.2, 0.25) is 0 Å². The fourth-order valence-electron chi connectivity index (χ4n) is 1.98. The largest absolute Gasteiger partial charge is 0.192 e. The van der Waals surface area contributed by atoms with E-state index in [1.165, 1.54) is 11.8 Å². The maximum Gasteiger partial charge on any atom is 0.142 e. The molecule has 0 unspecified atom stereocenters. The Balaban J connectivity index is 2.45. The Hall–Kier alpha value is -1.38. The number of halogens is 1. The highest BCUT2D eigenvalue weighted by atomic mass is 79.9. The first-order chi connectivity index (χ1) is 9.69. The monoisotopic (exact) mass is 347 g/mol. The molecule has 102 valence electrons.